The van der Waals surface area contributed by atoms with Gasteiger partial charge < -0.3 is 0 Å². The van der Waals surface area contributed by atoms with E-state index in [-0.39, 0.29) is 53.2 Å². The quantitative estimate of drug-likeness (QED) is 0.182. The Morgan fingerprint density at radius 1 is 0.349 bits per heavy atom. The van der Waals surface area contributed by atoms with E-state index in [9.17, 15) is 12.3 Å². The van der Waals surface area contributed by atoms with Gasteiger partial charge in [0, 0.05) is 15.2 Å². The van der Waals surface area contributed by atoms with E-state index in [0.717, 1.165) is 0 Å². The van der Waals surface area contributed by atoms with Crippen LogP contribution in [0.1, 0.15) is 32.9 Å². The minimum Gasteiger partial charge on any atom is -0.0888 e. The summed E-state index contributed by atoms with van der Waals surface area (Å²) in [6.45, 7) is 0. The van der Waals surface area contributed by atoms with Gasteiger partial charge in [-0.15, -0.1) is 0 Å². The number of fused-ring (bicyclic) bond motifs is 3. The molecule has 0 nitrogen and oxygen atoms in total. The fourth-order valence-electron chi connectivity index (χ4n) is 5.55. The van der Waals surface area contributed by atoms with Gasteiger partial charge in [0.2, 0.25) is 0 Å². The first-order chi connectivity index (χ1) is 31.3. The van der Waals surface area contributed by atoms with Gasteiger partial charge in [0.25, 0.3) is 0 Å². The third kappa shape index (κ3) is 3.34. The van der Waals surface area contributed by atoms with Crippen LogP contribution in [0.3, 0.4) is 0 Å². The Kier molecular flexibility index (Phi) is 2.08. The molecule has 0 aromatic heterocycles. The van der Waals surface area contributed by atoms with Crippen LogP contribution < -0.4 is 0 Å². The van der Waals surface area contributed by atoms with Crippen molar-refractivity contribution in [3.63, 3.8) is 0 Å². The van der Waals surface area contributed by atoms with E-state index in [2.05, 4.69) is 0 Å². The molecule has 0 bridgehead atoms. The molecule has 1 heterocycles. The molecular weight excluding hydrogens is 537 g/mol. The van der Waals surface area contributed by atoms with Crippen molar-refractivity contribution in [2.45, 2.75) is 9.79 Å². The molecule has 10 rings (SSSR count). The summed E-state index contributed by atoms with van der Waals surface area (Å²) >= 11 is 0.668. The molecule has 198 valence electrons. The zero-order chi connectivity index (χ0) is 49.0. The summed E-state index contributed by atoms with van der Waals surface area (Å²) in [5, 5.41) is -3.69. The Labute approximate surface area is 287 Å². The fraction of sp³-hybridized carbons (Fsp3) is 0. The van der Waals surface area contributed by atoms with E-state index in [4.69, 9.17) is 20.6 Å². The van der Waals surface area contributed by atoms with Crippen LogP contribution in [0.2, 0.25) is 0 Å². The third-order valence-corrected chi connectivity index (χ3v) is 8.47. The number of benzene rings is 9. The Hall–Kier alpha value is -5.11. The summed E-state index contributed by atoms with van der Waals surface area (Å²) in [6, 6.07) is -17.7. The minimum absolute atomic E-state index is 0.0666. The summed E-state index contributed by atoms with van der Waals surface area (Å²) in [6.07, 6.45) is 0. The molecular formula is C42H24S. The van der Waals surface area contributed by atoms with Gasteiger partial charge >= 0.3 is 0 Å². The lowest BCUT2D eigenvalue weighted by Crippen LogP contribution is -1.93. The molecule has 0 saturated carbocycles. The van der Waals surface area contributed by atoms with Crippen molar-refractivity contribution < 1.29 is 32.9 Å². The summed E-state index contributed by atoms with van der Waals surface area (Å²) in [5.41, 5.74) is -3.14. The van der Waals surface area contributed by atoms with Gasteiger partial charge in [0.1, 0.15) is 0 Å². The largest absolute Gasteiger partial charge is 0.0888 e. The second-order valence-electron chi connectivity index (χ2n) is 9.76. The van der Waals surface area contributed by atoms with Crippen LogP contribution in [-0.4, -0.2) is 0 Å². The maximum atomic E-state index is 9.65. The molecule has 0 unspecified atom stereocenters. The van der Waals surface area contributed by atoms with Gasteiger partial charge in [-0.2, -0.15) is 0 Å². The van der Waals surface area contributed by atoms with Crippen LogP contribution in [0, 0.1) is 0 Å². The summed E-state index contributed by atoms with van der Waals surface area (Å²) in [4.78, 5) is -0.257. The first-order valence-corrected chi connectivity index (χ1v) is 13.7. The molecule has 0 radical (unpaired) electrons. The highest BCUT2D eigenvalue weighted by Gasteiger charge is 2.20. The van der Waals surface area contributed by atoms with Crippen molar-refractivity contribution in [2.75, 3.05) is 0 Å². The van der Waals surface area contributed by atoms with Crippen molar-refractivity contribution in [3.05, 3.63) is 145 Å². The van der Waals surface area contributed by atoms with Crippen molar-refractivity contribution in [3.8, 4) is 33.4 Å². The first-order valence-electron chi connectivity index (χ1n) is 24.9. The van der Waals surface area contributed by atoms with Crippen molar-refractivity contribution in [2.24, 2.45) is 0 Å². The molecule has 0 fully saturated rings. The lowest BCUT2D eigenvalue weighted by atomic mass is 9.88. The van der Waals surface area contributed by atoms with Crippen LogP contribution in [0.25, 0.3) is 87.2 Å². The Balaban J connectivity index is 1.38. The number of hydrogen-bond donors (Lipinski definition) is 0. The highest BCUT2D eigenvalue weighted by molar-refractivity contribution is 7.99. The van der Waals surface area contributed by atoms with Crippen LogP contribution in [0.15, 0.2) is 155 Å². The molecule has 0 amide bonds. The Bertz CT molecular complexity index is 3900. The Morgan fingerprint density at radius 3 is 1.79 bits per heavy atom. The molecule has 0 saturated heterocycles. The predicted molar refractivity (Wildman–Crippen MR) is 186 cm³/mol. The molecule has 43 heavy (non-hydrogen) atoms. The minimum atomic E-state index is -0.934. The standard InChI is InChI=1S/C42H24S/c1-5-26-13-14-28-15-19-34(36-21-16-27(6-1)40(26)42(28)36)30-17-20-33-29(23-30)9-3-10-32(33)31-18-22-38-37(24-31)35-11-2-7-25-8-4-12-39(43-38)41(25)35/h1-24H/i1D,2D,3D,4D,5D,6D,7D,8D,9D,10D,11D,12D,13D,14D,15D,16D,17D,18D,19D,20D,21D,22D,23D,24D. The second-order valence-corrected chi connectivity index (χ2v) is 10.8. The molecule has 9 aromatic rings. The van der Waals surface area contributed by atoms with Crippen LogP contribution in [0.4, 0.5) is 0 Å². The molecule has 0 spiro atoms. The average Bonchev–Trinajstić information content (AvgIpc) is 3.29. The van der Waals surface area contributed by atoms with E-state index in [1.54, 1.807) is 0 Å². The average molecular weight is 585 g/mol. The molecule has 1 heteroatoms. The monoisotopic (exact) mass is 584 g/mol. The van der Waals surface area contributed by atoms with Gasteiger partial charge in [-0.1, -0.05) is 133 Å². The molecule has 9 aromatic carbocycles. The van der Waals surface area contributed by atoms with Gasteiger partial charge in [-0.05, 0) is 106 Å². The normalized spacial score (nSPS) is 20.4. The molecule has 0 aliphatic carbocycles. The van der Waals surface area contributed by atoms with Crippen LogP contribution in [0.5, 0.6) is 0 Å². The summed E-state index contributed by atoms with van der Waals surface area (Å²) < 4.78 is 216. The topological polar surface area (TPSA) is 0 Å². The van der Waals surface area contributed by atoms with Gasteiger partial charge in [-0.3, -0.25) is 0 Å². The fourth-order valence-corrected chi connectivity index (χ4v) is 6.52. The lowest BCUT2D eigenvalue weighted by Gasteiger charge is -2.21. The second kappa shape index (κ2) is 8.70. The highest BCUT2D eigenvalue weighted by atomic mass is 32.2. The van der Waals surface area contributed by atoms with E-state index >= 15 is 0 Å². The van der Waals surface area contributed by atoms with E-state index in [0.29, 0.717) is 11.8 Å². The molecule has 1 aliphatic heterocycles. The van der Waals surface area contributed by atoms with E-state index in [1.165, 1.54) is 0 Å². The maximum Gasteiger partial charge on any atom is 0.0636 e. The van der Waals surface area contributed by atoms with Crippen LogP contribution in [-0.2, 0) is 0 Å². The van der Waals surface area contributed by atoms with Crippen LogP contribution >= 0.6 is 11.8 Å². The van der Waals surface area contributed by atoms with E-state index < -0.39 is 189 Å². The predicted octanol–water partition coefficient (Wildman–Crippen LogP) is 12.4. The lowest BCUT2D eigenvalue weighted by molar-refractivity contribution is 1.40. The SMILES string of the molecule is [2H]c1c([2H])c(-c2c([2H])c([2H])c([2H])c3c([2H])c(-c4c([2H])c([2H])c5c([2H])c([2H])c6c([2H])c([2H])c([2H])c7c([2H])c([2H])c4c5c67)c([2H])c([2H])c23)c([2H])c2c1Sc1c([2H])c([2H])c([2H])c3c([2H])c([2H])c([2H])c-2c13. The smallest absolute Gasteiger partial charge is 0.0636 e. The third-order valence-electron chi connectivity index (χ3n) is 7.45. The number of hydrogen-bond acceptors (Lipinski definition) is 1. The van der Waals surface area contributed by atoms with E-state index in [1.807, 2.05) is 0 Å². The molecule has 0 atom stereocenters. The Morgan fingerprint density at radius 2 is 0.930 bits per heavy atom. The zero-order valence-corrected chi connectivity index (χ0v) is 22.2. The van der Waals surface area contributed by atoms with Crippen molar-refractivity contribution >= 4 is 65.6 Å². The zero-order valence-electron chi connectivity index (χ0n) is 45.4. The van der Waals surface area contributed by atoms with Crippen molar-refractivity contribution in [1.29, 1.82) is 0 Å². The maximum absolute atomic E-state index is 9.65. The molecule has 0 N–H and O–H groups in total. The number of rotatable bonds is 2. The first kappa shape index (κ1) is 10.3. The molecule has 1 aliphatic rings. The van der Waals surface area contributed by atoms with Crippen molar-refractivity contribution in [1.82, 2.24) is 0 Å². The van der Waals surface area contributed by atoms with Gasteiger partial charge in [0.05, 0.1) is 32.9 Å². The summed E-state index contributed by atoms with van der Waals surface area (Å²) in [7, 11) is 0. The summed E-state index contributed by atoms with van der Waals surface area (Å²) in [5.74, 6) is 0. The van der Waals surface area contributed by atoms with Gasteiger partial charge in [0.15, 0.2) is 0 Å². The van der Waals surface area contributed by atoms with Gasteiger partial charge in [-0.25, -0.2) is 0 Å². The highest BCUT2D eigenvalue weighted by Crippen LogP contribution is 2.49.